The Hall–Kier alpha value is -1.55. The molecule has 16 heavy (non-hydrogen) atoms. The highest BCUT2D eigenvalue weighted by Gasteiger charge is 2.10. The molecule has 0 aromatic carbocycles. The van der Waals surface area contributed by atoms with Gasteiger partial charge in [-0.05, 0) is 13.0 Å². The van der Waals surface area contributed by atoms with E-state index in [1.165, 1.54) is 0 Å². The summed E-state index contributed by atoms with van der Waals surface area (Å²) in [6.07, 6.45) is 4.00. The van der Waals surface area contributed by atoms with E-state index in [9.17, 15) is 0 Å². The van der Waals surface area contributed by atoms with Crippen LogP contribution in [0.3, 0.4) is 0 Å². The van der Waals surface area contributed by atoms with Crippen molar-refractivity contribution < 1.29 is 0 Å². The first-order chi connectivity index (χ1) is 7.72. The second-order valence-corrected chi connectivity index (χ2v) is 3.89. The smallest absolute Gasteiger partial charge is 0.126 e. The van der Waals surface area contributed by atoms with Gasteiger partial charge in [0, 0.05) is 24.7 Å². The fraction of sp³-hybridized carbons (Fsp3) is 0.273. The summed E-state index contributed by atoms with van der Waals surface area (Å²) in [7, 11) is 0. The fourth-order valence-electron chi connectivity index (χ4n) is 1.62. The molecule has 0 fully saturated rings. The molecule has 0 radical (unpaired) electrons. The second kappa shape index (κ2) is 4.53. The predicted molar refractivity (Wildman–Crippen MR) is 64.4 cm³/mol. The molecule has 0 spiro atoms. The van der Waals surface area contributed by atoms with E-state index < -0.39 is 0 Å². The molecule has 4 nitrogen and oxygen atoms in total. The SMILES string of the molecule is CCn1ncc(Cl)c1Cc1cccnc1N. The number of halogens is 1. The van der Waals surface area contributed by atoms with Crippen LogP contribution in [0.4, 0.5) is 5.82 Å². The zero-order valence-electron chi connectivity index (χ0n) is 9.02. The molecular formula is C11H13ClN4. The van der Waals surface area contributed by atoms with Gasteiger partial charge < -0.3 is 5.73 Å². The molecule has 0 aliphatic heterocycles. The first-order valence-corrected chi connectivity index (χ1v) is 5.49. The van der Waals surface area contributed by atoms with Gasteiger partial charge in [0.1, 0.15) is 5.82 Å². The van der Waals surface area contributed by atoms with Crippen molar-refractivity contribution in [2.75, 3.05) is 5.73 Å². The van der Waals surface area contributed by atoms with Gasteiger partial charge in [0.25, 0.3) is 0 Å². The van der Waals surface area contributed by atoms with Crippen LogP contribution in [-0.4, -0.2) is 14.8 Å². The van der Waals surface area contributed by atoms with E-state index in [-0.39, 0.29) is 0 Å². The van der Waals surface area contributed by atoms with Gasteiger partial charge in [-0.3, -0.25) is 4.68 Å². The van der Waals surface area contributed by atoms with Crippen LogP contribution in [0.5, 0.6) is 0 Å². The van der Waals surface area contributed by atoms with Crippen molar-refractivity contribution in [3.63, 3.8) is 0 Å². The average Bonchev–Trinajstić information content (AvgIpc) is 2.63. The lowest BCUT2D eigenvalue weighted by Crippen LogP contribution is -2.05. The van der Waals surface area contributed by atoms with Crippen LogP contribution in [0.15, 0.2) is 24.5 Å². The minimum atomic E-state index is 0.544. The molecule has 2 N–H and O–H groups in total. The molecule has 0 unspecified atom stereocenters. The average molecular weight is 237 g/mol. The number of nitrogens with two attached hydrogens (primary N) is 1. The molecule has 0 aliphatic rings. The van der Waals surface area contributed by atoms with Crippen LogP contribution < -0.4 is 5.73 Å². The van der Waals surface area contributed by atoms with Crippen molar-refractivity contribution in [1.82, 2.24) is 14.8 Å². The summed E-state index contributed by atoms with van der Waals surface area (Å²) in [6, 6.07) is 3.82. The van der Waals surface area contributed by atoms with E-state index >= 15 is 0 Å². The Morgan fingerprint density at radius 3 is 3.00 bits per heavy atom. The molecule has 2 aromatic heterocycles. The first-order valence-electron chi connectivity index (χ1n) is 5.12. The number of pyridine rings is 1. The molecule has 5 heteroatoms. The number of anilines is 1. The van der Waals surface area contributed by atoms with E-state index in [4.69, 9.17) is 17.3 Å². The molecule has 2 aromatic rings. The minimum Gasteiger partial charge on any atom is -0.383 e. The zero-order valence-corrected chi connectivity index (χ0v) is 9.78. The second-order valence-electron chi connectivity index (χ2n) is 3.48. The molecule has 0 saturated heterocycles. The van der Waals surface area contributed by atoms with Gasteiger partial charge in [-0.15, -0.1) is 0 Å². The van der Waals surface area contributed by atoms with Gasteiger partial charge in [-0.1, -0.05) is 17.7 Å². The van der Waals surface area contributed by atoms with E-state index in [1.54, 1.807) is 12.4 Å². The normalized spacial score (nSPS) is 10.6. The van der Waals surface area contributed by atoms with E-state index in [1.807, 2.05) is 23.7 Å². The zero-order chi connectivity index (χ0) is 11.5. The Bertz CT molecular complexity index is 492. The number of aryl methyl sites for hydroxylation is 1. The van der Waals surface area contributed by atoms with Crippen molar-refractivity contribution in [3.05, 3.63) is 40.8 Å². The highest BCUT2D eigenvalue weighted by atomic mass is 35.5. The van der Waals surface area contributed by atoms with Crippen molar-refractivity contribution in [2.24, 2.45) is 0 Å². The number of hydrogen-bond donors (Lipinski definition) is 1. The fourth-order valence-corrected chi connectivity index (χ4v) is 1.82. The molecule has 0 atom stereocenters. The van der Waals surface area contributed by atoms with Gasteiger partial charge in [0.15, 0.2) is 0 Å². The summed E-state index contributed by atoms with van der Waals surface area (Å²) in [5.74, 6) is 0.544. The topological polar surface area (TPSA) is 56.7 Å². The molecule has 2 heterocycles. The summed E-state index contributed by atoms with van der Waals surface area (Å²) in [4.78, 5) is 4.05. The van der Waals surface area contributed by atoms with Gasteiger partial charge in [-0.25, -0.2) is 4.98 Å². The van der Waals surface area contributed by atoms with Crippen LogP contribution in [0.1, 0.15) is 18.2 Å². The molecule has 2 rings (SSSR count). The predicted octanol–water partition coefficient (Wildman–Crippen LogP) is 2.12. The molecule has 0 bridgehead atoms. The van der Waals surface area contributed by atoms with Crippen LogP contribution in [0.25, 0.3) is 0 Å². The summed E-state index contributed by atoms with van der Waals surface area (Å²) >= 11 is 6.08. The highest BCUT2D eigenvalue weighted by Crippen LogP contribution is 2.20. The van der Waals surface area contributed by atoms with Crippen LogP contribution >= 0.6 is 11.6 Å². The quantitative estimate of drug-likeness (QED) is 0.888. The largest absolute Gasteiger partial charge is 0.383 e. The molecule has 0 saturated carbocycles. The van der Waals surface area contributed by atoms with Crippen molar-refractivity contribution in [3.8, 4) is 0 Å². The number of nitrogens with zero attached hydrogens (tertiary/aromatic N) is 3. The van der Waals surface area contributed by atoms with Crippen molar-refractivity contribution >= 4 is 17.4 Å². The Balaban J connectivity index is 2.33. The number of rotatable bonds is 3. The van der Waals surface area contributed by atoms with Crippen molar-refractivity contribution in [1.29, 1.82) is 0 Å². The monoisotopic (exact) mass is 236 g/mol. The number of aromatic nitrogens is 3. The van der Waals surface area contributed by atoms with Crippen LogP contribution in [-0.2, 0) is 13.0 Å². The van der Waals surface area contributed by atoms with Crippen LogP contribution in [0.2, 0.25) is 5.02 Å². The van der Waals surface area contributed by atoms with Crippen molar-refractivity contribution in [2.45, 2.75) is 19.9 Å². The lowest BCUT2D eigenvalue weighted by atomic mass is 10.1. The third-order valence-corrected chi connectivity index (χ3v) is 2.80. The Morgan fingerprint density at radius 2 is 2.31 bits per heavy atom. The molecular weight excluding hydrogens is 224 g/mol. The number of nitrogen functional groups attached to an aromatic ring is 1. The summed E-state index contributed by atoms with van der Waals surface area (Å²) < 4.78 is 1.87. The molecule has 0 aliphatic carbocycles. The Labute approximate surface area is 99.1 Å². The third-order valence-electron chi connectivity index (χ3n) is 2.48. The van der Waals surface area contributed by atoms with E-state index in [0.717, 1.165) is 17.8 Å². The Morgan fingerprint density at radius 1 is 1.50 bits per heavy atom. The maximum atomic E-state index is 6.08. The standard InChI is InChI=1S/C11H13ClN4/c1-2-16-10(9(12)7-15-16)6-8-4-3-5-14-11(8)13/h3-5,7H,2,6H2,1H3,(H2,13,14). The first kappa shape index (κ1) is 11.0. The van der Waals surface area contributed by atoms with Crippen LogP contribution in [0, 0.1) is 0 Å². The lowest BCUT2D eigenvalue weighted by Gasteiger charge is -2.07. The van der Waals surface area contributed by atoms with Gasteiger partial charge >= 0.3 is 0 Å². The molecule has 0 amide bonds. The van der Waals surface area contributed by atoms with E-state index in [0.29, 0.717) is 17.3 Å². The van der Waals surface area contributed by atoms with Gasteiger partial charge in [-0.2, -0.15) is 5.10 Å². The van der Waals surface area contributed by atoms with Gasteiger partial charge in [0.2, 0.25) is 0 Å². The third kappa shape index (κ3) is 2.02. The number of hydrogen-bond acceptors (Lipinski definition) is 3. The summed E-state index contributed by atoms with van der Waals surface area (Å²) in [6.45, 7) is 2.82. The maximum absolute atomic E-state index is 6.08. The molecule has 84 valence electrons. The Kier molecular flexibility index (Phi) is 3.10. The lowest BCUT2D eigenvalue weighted by molar-refractivity contribution is 0.630. The maximum Gasteiger partial charge on any atom is 0.126 e. The van der Waals surface area contributed by atoms with E-state index in [2.05, 4.69) is 10.1 Å². The summed E-state index contributed by atoms with van der Waals surface area (Å²) in [5.41, 5.74) is 7.74. The summed E-state index contributed by atoms with van der Waals surface area (Å²) in [5, 5.41) is 4.85. The highest BCUT2D eigenvalue weighted by molar-refractivity contribution is 6.31. The van der Waals surface area contributed by atoms with Gasteiger partial charge in [0.05, 0.1) is 16.9 Å². The minimum absolute atomic E-state index is 0.544.